The van der Waals surface area contributed by atoms with Crippen LogP contribution in [0.2, 0.25) is 0 Å². The first kappa shape index (κ1) is 28.3. The largest absolute Gasteiger partial charge is 0.416 e. The van der Waals surface area contributed by atoms with Crippen molar-refractivity contribution in [1.82, 2.24) is 20.2 Å². The Kier molecular flexibility index (Phi) is 8.09. The van der Waals surface area contributed by atoms with E-state index in [4.69, 9.17) is 5.73 Å². The summed E-state index contributed by atoms with van der Waals surface area (Å²) in [5, 5.41) is 17.1. The number of benzene rings is 2. The van der Waals surface area contributed by atoms with Gasteiger partial charge < -0.3 is 26.4 Å². The van der Waals surface area contributed by atoms with Gasteiger partial charge in [0.25, 0.3) is 5.91 Å². The Hall–Kier alpha value is -4.22. The average molecular weight is 565 g/mol. The van der Waals surface area contributed by atoms with Gasteiger partial charge >= 0.3 is 6.18 Å². The van der Waals surface area contributed by atoms with Gasteiger partial charge in [0.05, 0.1) is 28.6 Å². The molecule has 5 N–H and O–H groups in total. The number of nitrogens with one attached hydrogen (secondary N) is 2. The van der Waals surface area contributed by atoms with Crippen molar-refractivity contribution < 1.29 is 23.1 Å². The van der Waals surface area contributed by atoms with E-state index in [-0.39, 0.29) is 28.9 Å². The van der Waals surface area contributed by atoms with Gasteiger partial charge in [-0.05, 0) is 55.2 Å². The standard InChI is InChI=1S/C30H31F3N6O2/c1-18(19-7-3-2-4-8-19)36-29-35-13-12-25(37-29)23-16-24(28(41)39-14-6-11-22(34)17-39)27(40)38-26(23)20-9-5-10-21(15-20)30(31,32)33/h2-5,7-10,12-13,15-16,18,22,27,38,40H,6,11,14,17,34H2,1H3,(H,35,36,37)/t18-,22?,27?/m0/s1. The molecule has 11 heteroatoms. The van der Waals surface area contributed by atoms with Gasteiger partial charge in [0, 0.05) is 30.9 Å². The molecule has 8 nitrogen and oxygen atoms in total. The van der Waals surface area contributed by atoms with Crippen LogP contribution in [0.5, 0.6) is 0 Å². The highest BCUT2D eigenvalue weighted by Crippen LogP contribution is 2.35. The molecule has 2 aliphatic rings. The number of aromatic nitrogens is 2. The number of anilines is 1. The highest BCUT2D eigenvalue weighted by molar-refractivity contribution is 6.04. The number of amides is 1. The summed E-state index contributed by atoms with van der Waals surface area (Å²) in [5.74, 6) is -0.102. The highest BCUT2D eigenvalue weighted by atomic mass is 19.4. The van der Waals surface area contributed by atoms with Crippen LogP contribution in [-0.2, 0) is 11.0 Å². The molecule has 214 valence electrons. The molecule has 3 aromatic rings. The summed E-state index contributed by atoms with van der Waals surface area (Å²) in [6.07, 6.45) is -1.45. The van der Waals surface area contributed by atoms with E-state index in [1.165, 1.54) is 24.4 Å². The maximum atomic E-state index is 13.6. The molecule has 1 fully saturated rings. The molecule has 3 heterocycles. The first-order chi connectivity index (χ1) is 19.6. The van der Waals surface area contributed by atoms with E-state index < -0.39 is 23.9 Å². The molecule has 2 aromatic carbocycles. The number of halogens is 3. The van der Waals surface area contributed by atoms with E-state index in [9.17, 15) is 23.1 Å². The summed E-state index contributed by atoms with van der Waals surface area (Å²) in [6.45, 7) is 2.80. The number of piperidine rings is 1. The molecule has 0 aliphatic carbocycles. The second-order valence-electron chi connectivity index (χ2n) is 10.2. The van der Waals surface area contributed by atoms with Crippen LogP contribution in [-0.4, -0.2) is 51.2 Å². The third kappa shape index (κ3) is 6.41. The van der Waals surface area contributed by atoms with E-state index in [1.54, 1.807) is 11.0 Å². The Labute approximate surface area is 235 Å². The van der Waals surface area contributed by atoms with Crippen molar-refractivity contribution in [2.24, 2.45) is 5.73 Å². The van der Waals surface area contributed by atoms with E-state index in [2.05, 4.69) is 20.6 Å². The molecule has 3 atom stereocenters. The molecule has 0 saturated carbocycles. The van der Waals surface area contributed by atoms with Crippen LogP contribution in [0.4, 0.5) is 19.1 Å². The Morgan fingerprint density at radius 3 is 2.68 bits per heavy atom. The third-order valence-corrected chi connectivity index (χ3v) is 7.19. The van der Waals surface area contributed by atoms with Gasteiger partial charge in [0.1, 0.15) is 0 Å². The van der Waals surface area contributed by atoms with E-state index in [1.807, 2.05) is 37.3 Å². The number of rotatable bonds is 6. The zero-order valence-electron chi connectivity index (χ0n) is 22.4. The number of carbonyl (C=O) groups is 1. The van der Waals surface area contributed by atoms with E-state index in [0.717, 1.165) is 30.5 Å². The minimum absolute atomic E-state index is 0.0515. The number of nitrogens with zero attached hydrogens (tertiary/aromatic N) is 3. The van der Waals surface area contributed by atoms with Crippen molar-refractivity contribution in [3.05, 3.63) is 101 Å². The molecule has 1 amide bonds. The molecule has 41 heavy (non-hydrogen) atoms. The first-order valence-corrected chi connectivity index (χ1v) is 13.4. The second-order valence-corrected chi connectivity index (χ2v) is 10.2. The number of dihydropyridines is 1. The highest BCUT2D eigenvalue weighted by Gasteiger charge is 2.34. The number of hydrogen-bond donors (Lipinski definition) is 4. The van der Waals surface area contributed by atoms with Gasteiger partial charge in [0.2, 0.25) is 5.95 Å². The lowest BCUT2D eigenvalue weighted by Gasteiger charge is -2.34. The van der Waals surface area contributed by atoms with Crippen LogP contribution < -0.4 is 16.4 Å². The van der Waals surface area contributed by atoms with Gasteiger partial charge in [0.15, 0.2) is 6.23 Å². The van der Waals surface area contributed by atoms with Crippen molar-refractivity contribution in [3.8, 4) is 0 Å². The SMILES string of the molecule is C[C@H](Nc1nccc(C2=C(c3cccc(C(F)(F)F)c3)NC(O)C(C(=O)N3CCCC(N)C3)=C2)n1)c1ccccc1. The molecule has 0 spiro atoms. The van der Waals surface area contributed by atoms with Gasteiger partial charge in [-0.15, -0.1) is 0 Å². The lowest BCUT2D eigenvalue weighted by Crippen LogP contribution is -2.49. The monoisotopic (exact) mass is 564 g/mol. The fourth-order valence-electron chi connectivity index (χ4n) is 5.04. The maximum Gasteiger partial charge on any atom is 0.416 e. The van der Waals surface area contributed by atoms with Crippen molar-refractivity contribution in [3.63, 3.8) is 0 Å². The molecule has 2 aliphatic heterocycles. The van der Waals surface area contributed by atoms with Gasteiger partial charge in [-0.3, -0.25) is 4.79 Å². The molecule has 0 bridgehead atoms. The molecule has 0 radical (unpaired) electrons. The van der Waals surface area contributed by atoms with Gasteiger partial charge in [-0.2, -0.15) is 13.2 Å². The minimum Gasteiger partial charge on any atom is -0.369 e. The number of hydrogen-bond acceptors (Lipinski definition) is 7. The maximum absolute atomic E-state index is 13.6. The molecular formula is C30H31F3N6O2. The fourth-order valence-corrected chi connectivity index (χ4v) is 5.04. The topological polar surface area (TPSA) is 116 Å². The third-order valence-electron chi connectivity index (χ3n) is 7.19. The fraction of sp³-hybridized carbons (Fsp3) is 0.300. The Morgan fingerprint density at radius 1 is 1.17 bits per heavy atom. The summed E-state index contributed by atoms with van der Waals surface area (Å²) >= 11 is 0. The van der Waals surface area contributed by atoms with Crippen LogP contribution in [0.25, 0.3) is 11.3 Å². The molecular weight excluding hydrogens is 533 g/mol. The number of alkyl halides is 3. The van der Waals surface area contributed by atoms with Crippen molar-refractivity contribution in [2.75, 3.05) is 18.4 Å². The first-order valence-electron chi connectivity index (χ1n) is 13.4. The van der Waals surface area contributed by atoms with Crippen LogP contribution >= 0.6 is 0 Å². The van der Waals surface area contributed by atoms with Crippen LogP contribution in [0.15, 0.2) is 78.5 Å². The molecule has 1 saturated heterocycles. The number of likely N-dealkylation sites (tertiary alicyclic amines) is 1. The number of nitrogens with two attached hydrogens (primary N) is 1. The molecule has 5 rings (SSSR count). The normalized spacial score (nSPS) is 20.2. The van der Waals surface area contributed by atoms with Gasteiger partial charge in [-0.25, -0.2) is 9.97 Å². The predicted molar refractivity (Wildman–Crippen MR) is 150 cm³/mol. The van der Waals surface area contributed by atoms with E-state index in [0.29, 0.717) is 30.3 Å². The number of aliphatic hydroxyl groups is 1. The Bertz CT molecular complexity index is 1470. The van der Waals surface area contributed by atoms with Crippen molar-refractivity contribution in [2.45, 2.75) is 44.3 Å². The lowest BCUT2D eigenvalue weighted by atomic mass is 9.94. The van der Waals surface area contributed by atoms with Crippen molar-refractivity contribution in [1.29, 1.82) is 0 Å². The predicted octanol–water partition coefficient (Wildman–Crippen LogP) is 4.33. The molecule has 1 aromatic heterocycles. The number of allylic oxidation sites excluding steroid dienone is 2. The summed E-state index contributed by atoms with van der Waals surface area (Å²) < 4.78 is 40.7. The minimum atomic E-state index is -4.56. The molecule has 2 unspecified atom stereocenters. The summed E-state index contributed by atoms with van der Waals surface area (Å²) in [6, 6.07) is 15.8. The Balaban J connectivity index is 1.58. The average Bonchev–Trinajstić information content (AvgIpc) is 2.97. The Morgan fingerprint density at radius 2 is 1.95 bits per heavy atom. The van der Waals surface area contributed by atoms with Gasteiger partial charge in [-0.1, -0.05) is 42.5 Å². The number of carbonyl (C=O) groups excluding carboxylic acids is 1. The zero-order valence-corrected chi connectivity index (χ0v) is 22.4. The lowest BCUT2D eigenvalue weighted by molar-refractivity contribution is -0.137. The summed E-state index contributed by atoms with van der Waals surface area (Å²) in [7, 11) is 0. The second kappa shape index (κ2) is 11.7. The smallest absolute Gasteiger partial charge is 0.369 e. The quantitative estimate of drug-likeness (QED) is 0.352. The van der Waals surface area contributed by atoms with Crippen LogP contribution in [0, 0.1) is 0 Å². The number of aliphatic hydroxyl groups excluding tert-OH is 1. The van der Waals surface area contributed by atoms with E-state index >= 15 is 0 Å². The van der Waals surface area contributed by atoms with Crippen molar-refractivity contribution >= 4 is 23.1 Å². The zero-order chi connectivity index (χ0) is 29.1. The summed E-state index contributed by atoms with van der Waals surface area (Å²) in [5.41, 5.74) is 7.39. The van der Waals surface area contributed by atoms with Crippen LogP contribution in [0.3, 0.4) is 0 Å². The summed E-state index contributed by atoms with van der Waals surface area (Å²) in [4.78, 5) is 24.0. The van der Waals surface area contributed by atoms with Crippen LogP contribution in [0.1, 0.15) is 48.2 Å².